The van der Waals surface area contributed by atoms with E-state index in [1.807, 2.05) is 0 Å². The highest BCUT2D eigenvalue weighted by atomic mass is 35.5. The Kier molecular flexibility index (Phi) is 3.43. The van der Waals surface area contributed by atoms with Gasteiger partial charge in [0.2, 0.25) is 0 Å². The molecule has 0 fully saturated rings. The van der Waals surface area contributed by atoms with Crippen LogP contribution in [0.5, 0.6) is 5.75 Å². The molecule has 6 heteroatoms. The molecule has 1 aromatic carbocycles. The normalized spacial score (nSPS) is 10.1. The van der Waals surface area contributed by atoms with Gasteiger partial charge in [-0.15, -0.1) is 0 Å². The number of aromatic hydroxyl groups is 1. The average Bonchev–Trinajstić information content (AvgIpc) is 2.34. The molecule has 0 saturated carbocycles. The molecule has 1 heterocycles. The summed E-state index contributed by atoms with van der Waals surface area (Å²) in [5.74, 6) is -0.205. The quantitative estimate of drug-likeness (QED) is 0.816. The van der Waals surface area contributed by atoms with Crippen molar-refractivity contribution in [2.75, 3.05) is 5.32 Å². The molecule has 0 atom stereocenters. The predicted molar refractivity (Wildman–Crippen MR) is 67.8 cm³/mol. The Bertz CT molecular complexity index is 584. The van der Waals surface area contributed by atoms with Crippen LogP contribution in [0.15, 0.2) is 30.6 Å². The van der Waals surface area contributed by atoms with E-state index in [1.54, 1.807) is 19.1 Å². The Hall–Kier alpha value is -2.14. The molecular weight excluding hydrogens is 254 g/mol. The molecule has 92 valence electrons. The van der Waals surface area contributed by atoms with Crippen molar-refractivity contribution in [2.45, 2.75) is 6.92 Å². The lowest BCUT2D eigenvalue weighted by Crippen LogP contribution is -2.13. The smallest absolute Gasteiger partial charge is 0.275 e. The Balaban J connectivity index is 2.16. The molecule has 0 saturated heterocycles. The van der Waals surface area contributed by atoms with Crippen LogP contribution in [0.2, 0.25) is 5.15 Å². The standard InChI is InChI=1S/C12H10ClN3O2/c1-7-4-8(2-3-10(7)17)16-12(18)9-5-15-11(13)6-14-9/h2-6,17H,1H3,(H,16,18). The summed E-state index contributed by atoms with van der Waals surface area (Å²) in [6.45, 7) is 1.74. The van der Waals surface area contributed by atoms with E-state index in [0.717, 1.165) is 0 Å². The van der Waals surface area contributed by atoms with Crippen LogP contribution in [0.1, 0.15) is 16.1 Å². The zero-order valence-electron chi connectivity index (χ0n) is 9.51. The van der Waals surface area contributed by atoms with Crippen molar-refractivity contribution in [3.05, 3.63) is 47.0 Å². The third kappa shape index (κ3) is 2.75. The summed E-state index contributed by atoms with van der Waals surface area (Å²) in [7, 11) is 0. The number of hydrogen-bond acceptors (Lipinski definition) is 4. The van der Waals surface area contributed by atoms with Gasteiger partial charge in [0, 0.05) is 5.69 Å². The van der Waals surface area contributed by atoms with E-state index in [1.165, 1.54) is 18.5 Å². The van der Waals surface area contributed by atoms with E-state index in [4.69, 9.17) is 11.6 Å². The van der Waals surface area contributed by atoms with Gasteiger partial charge in [-0.25, -0.2) is 9.97 Å². The molecule has 0 aliphatic carbocycles. The molecule has 5 nitrogen and oxygen atoms in total. The first-order chi connectivity index (χ1) is 8.56. The molecule has 0 radical (unpaired) electrons. The van der Waals surface area contributed by atoms with E-state index in [-0.39, 0.29) is 22.5 Å². The van der Waals surface area contributed by atoms with Crippen LogP contribution in [-0.4, -0.2) is 21.0 Å². The molecule has 0 unspecified atom stereocenters. The van der Waals surface area contributed by atoms with Crippen LogP contribution in [0.25, 0.3) is 0 Å². The molecule has 2 aromatic rings. The van der Waals surface area contributed by atoms with Crippen molar-refractivity contribution in [1.29, 1.82) is 0 Å². The fourth-order valence-electron chi connectivity index (χ4n) is 1.36. The Morgan fingerprint density at radius 1 is 1.33 bits per heavy atom. The van der Waals surface area contributed by atoms with Crippen molar-refractivity contribution in [2.24, 2.45) is 0 Å². The van der Waals surface area contributed by atoms with Crippen molar-refractivity contribution in [3.63, 3.8) is 0 Å². The summed E-state index contributed by atoms with van der Waals surface area (Å²) < 4.78 is 0. The van der Waals surface area contributed by atoms with Gasteiger partial charge in [-0.05, 0) is 30.7 Å². The van der Waals surface area contributed by atoms with Gasteiger partial charge in [-0.3, -0.25) is 4.79 Å². The fraction of sp³-hybridized carbons (Fsp3) is 0.0833. The van der Waals surface area contributed by atoms with Gasteiger partial charge in [0.1, 0.15) is 16.6 Å². The Morgan fingerprint density at radius 2 is 2.11 bits per heavy atom. The van der Waals surface area contributed by atoms with Crippen LogP contribution in [-0.2, 0) is 0 Å². The lowest BCUT2D eigenvalue weighted by molar-refractivity contribution is 0.102. The van der Waals surface area contributed by atoms with Crippen LogP contribution in [0, 0.1) is 6.92 Å². The third-order valence-corrected chi connectivity index (χ3v) is 2.50. The number of phenolic OH excluding ortho intramolecular Hbond substituents is 1. The molecule has 0 spiro atoms. The van der Waals surface area contributed by atoms with Gasteiger partial charge in [-0.2, -0.15) is 0 Å². The van der Waals surface area contributed by atoms with Gasteiger partial charge < -0.3 is 10.4 Å². The number of nitrogens with one attached hydrogen (secondary N) is 1. The molecule has 18 heavy (non-hydrogen) atoms. The van der Waals surface area contributed by atoms with Crippen molar-refractivity contribution in [3.8, 4) is 5.75 Å². The molecule has 2 rings (SSSR count). The van der Waals surface area contributed by atoms with E-state index < -0.39 is 0 Å². The highest BCUT2D eigenvalue weighted by molar-refractivity contribution is 6.29. The molecule has 0 aliphatic heterocycles. The number of phenols is 1. The molecule has 0 aliphatic rings. The Labute approximate surface area is 108 Å². The van der Waals surface area contributed by atoms with E-state index in [9.17, 15) is 9.90 Å². The average molecular weight is 264 g/mol. The van der Waals surface area contributed by atoms with Crippen LogP contribution >= 0.6 is 11.6 Å². The number of hydrogen-bond donors (Lipinski definition) is 2. The second-order valence-electron chi connectivity index (χ2n) is 3.68. The van der Waals surface area contributed by atoms with Crippen molar-refractivity contribution >= 4 is 23.2 Å². The predicted octanol–water partition coefficient (Wildman–Crippen LogP) is 2.40. The second-order valence-corrected chi connectivity index (χ2v) is 4.07. The Morgan fingerprint density at radius 3 is 2.72 bits per heavy atom. The van der Waals surface area contributed by atoms with E-state index in [2.05, 4.69) is 15.3 Å². The summed E-state index contributed by atoms with van der Waals surface area (Å²) >= 11 is 5.58. The minimum Gasteiger partial charge on any atom is -0.508 e. The minimum atomic E-state index is -0.385. The summed E-state index contributed by atoms with van der Waals surface area (Å²) in [5.41, 5.74) is 1.42. The number of nitrogens with zero attached hydrogens (tertiary/aromatic N) is 2. The number of rotatable bonds is 2. The molecule has 1 aromatic heterocycles. The van der Waals surface area contributed by atoms with Gasteiger partial charge in [-0.1, -0.05) is 11.6 Å². The second kappa shape index (κ2) is 5.01. The van der Waals surface area contributed by atoms with Crippen LogP contribution in [0.4, 0.5) is 5.69 Å². The number of benzene rings is 1. The lowest BCUT2D eigenvalue weighted by Gasteiger charge is -2.06. The summed E-state index contributed by atoms with van der Waals surface area (Å²) in [5, 5.41) is 12.3. The van der Waals surface area contributed by atoms with Crippen LogP contribution < -0.4 is 5.32 Å². The number of aromatic nitrogens is 2. The first-order valence-corrected chi connectivity index (χ1v) is 5.52. The van der Waals surface area contributed by atoms with Gasteiger partial charge in [0.25, 0.3) is 5.91 Å². The highest BCUT2D eigenvalue weighted by Gasteiger charge is 2.08. The number of aryl methyl sites for hydroxylation is 1. The molecular formula is C12H10ClN3O2. The highest BCUT2D eigenvalue weighted by Crippen LogP contribution is 2.20. The number of halogens is 1. The van der Waals surface area contributed by atoms with Crippen LogP contribution in [0.3, 0.4) is 0 Å². The topological polar surface area (TPSA) is 75.1 Å². The largest absolute Gasteiger partial charge is 0.508 e. The number of anilines is 1. The third-order valence-electron chi connectivity index (χ3n) is 2.31. The SMILES string of the molecule is Cc1cc(NC(=O)c2cnc(Cl)cn2)ccc1O. The lowest BCUT2D eigenvalue weighted by atomic mass is 10.2. The van der Waals surface area contributed by atoms with E-state index >= 15 is 0 Å². The summed E-state index contributed by atoms with van der Waals surface area (Å²) in [6.07, 6.45) is 2.60. The summed E-state index contributed by atoms with van der Waals surface area (Å²) in [6, 6.07) is 4.78. The monoisotopic (exact) mass is 263 g/mol. The van der Waals surface area contributed by atoms with Gasteiger partial charge in [0.05, 0.1) is 12.4 Å². The number of carbonyl (C=O) groups excluding carboxylic acids is 1. The fourth-order valence-corrected chi connectivity index (χ4v) is 1.46. The maximum absolute atomic E-state index is 11.8. The maximum Gasteiger partial charge on any atom is 0.275 e. The number of carbonyl (C=O) groups is 1. The van der Waals surface area contributed by atoms with Crippen molar-refractivity contribution < 1.29 is 9.90 Å². The van der Waals surface area contributed by atoms with Crippen molar-refractivity contribution in [1.82, 2.24) is 9.97 Å². The summed E-state index contributed by atoms with van der Waals surface area (Å²) in [4.78, 5) is 19.4. The number of amides is 1. The molecule has 1 amide bonds. The first kappa shape index (κ1) is 12.3. The van der Waals surface area contributed by atoms with E-state index in [0.29, 0.717) is 11.3 Å². The zero-order valence-corrected chi connectivity index (χ0v) is 10.3. The first-order valence-electron chi connectivity index (χ1n) is 5.15. The van der Waals surface area contributed by atoms with Gasteiger partial charge in [0.15, 0.2) is 0 Å². The minimum absolute atomic E-state index is 0.171. The molecule has 2 N–H and O–H groups in total. The molecule has 0 bridgehead atoms. The zero-order chi connectivity index (χ0) is 13.1. The maximum atomic E-state index is 11.8. The van der Waals surface area contributed by atoms with Gasteiger partial charge >= 0.3 is 0 Å².